The van der Waals surface area contributed by atoms with Crippen LogP contribution in [0.4, 0.5) is 0 Å². The van der Waals surface area contributed by atoms with Gasteiger partial charge in [-0.15, -0.1) is 0 Å². The predicted octanol–water partition coefficient (Wildman–Crippen LogP) is 5.38. The first-order valence-electron chi connectivity index (χ1n) is 14.9. The Hall–Kier alpha value is -1.40. The molecule has 2 N–H and O–H groups in total. The first-order valence-corrected chi connectivity index (χ1v) is 14.9. The summed E-state index contributed by atoms with van der Waals surface area (Å²) in [5.74, 6) is 1.97. The highest BCUT2D eigenvalue weighted by atomic mass is 16.7. The number of hydrogen-bond acceptors (Lipinski definition) is 5. The van der Waals surface area contributed by atoms with Crippen LogP contribution in [0.15, 0.2) is 11.6 Å². The zero-order chi connectivity index (χ0) is 26.8. The summed E-state index contributed by atoms with van der Waals surface area (Å²) in [6.07, 6.45) is 11.9. The maximum Gasteiger partial charge on any atom is 0.305 e. The van der Waals surface area contributed by atoms with Crippen molar-refractivity contribution in [3.05, 3.63) is 11.6 Å². The standard InChI is InChI=1S/C31H49NO5/c1-18(17-32-20(3)33)7-10-26-19(2)28-27(36-26)15-25-23-9-8-22-16-31(35,37-21(4)34)14-13-29(22,5)24(23)11-12-30(25,28)6/h8,18-19,23-28,35H,7,9-17H2,1-6H3,(H,32,33)/t18?,19-,23?,24?,25?,26-,27+,28+,29+,30+,31?/m1/s1. The van der Waals surface area contributed by atoms with Crippen LogP contribution in [0.1, 0.15) is 99.3 Å². The van der Waals surface area contributed by atoms with Crippen molar-refractivity contribution in [1.82, 2.24) is 5.32 Å². The molecule has 5 aliphatic rings. The predicted molar refractivity (Wildman–Crippen MR) is 142 cm³/mol. The van der Waals surface area contributed by atoms with Crippen molar-refractivity contribution in [2.45, 2.75) is 117 Å². The summed E-state index contributed by atoms with van der Waals surface area (Å²) in [5.41, 5.74) is 1.73. The number of nitrogens with one attached hydrogen (secondary N) is 1. The van der Waals surface area contributed by atoms with Gasteiger partial charge in [0.05, 0.1) is 12.2 Å². The van der Waals surface area contributed by atoms with Gasteiger partial charge in [-0.1, -0.05) is 39.3 Å². The highest BCUT2D eigenvalue weighted by Gasteiger charge is 2.65. The fourth-order valence-electron chi connectivity index (χ4n) is 9.86. The minimum atomic E-state index is -1.34. The largest absolute Gasteiger partial charge is 0.433 e. The van der Waals surface area contributed by atoms with E-state index in [9.17, 15) is 14.7 Å². The second-order valence-corrected chi connectivity index (χ2v) is 14.0. The Morgan fingerprint density at radius 2 is 1.97 bits per heavy atom. The molecule has 208 valence electrons. The average molecular weight is 516 g/mol. The van der Waals surface area contributed by atoms with E-state index in [0.29, 0.717) is 66.0 Å². The summed E-state index contributed by atoms with van der Waals surface area (Å²) in [6.45, 7) is 13.4. The van der Waals surface area contributed by atoms with Gasteiger partial charge >= 0.3 is 5.97 Å². The fourth-order valence-corrected chi connectivity index (χ4v) is 9.86. The highest BCUT2D eigenvalue weighted by Crippen LogP contribution is 2.69. The molecular formula is C31H49NO5. The van der Waals surface area contributed by atoms with Gasteiger partial charge in [-0.25, -0.2) is 0 Å². The SMILES string of the molecule is CC(=O)NCC(C)CC[C@H]1O[C@H]2CC3C4CC=C5CC(O)(OC(C)=O)CC[C@]5(C)C4CC[C@]3(C)[C@H]2[C@@H]1C. The Labute approximate surface area is 223 Å². The monoisotopic (exact) mass is 515 g/mol. The maximum atomic E-state index is 11.6. The van der Waals surface area contributed by atoms with Gasteiger partial charge < -0.3 is 19.9 Å². The van der Waals surface area contributed by atoms with E-state index >= 15 is 0 Å². The van der Waals surface area contributed by atoms with E-state index in [4.69, 9.17) is 9.47 Å². The summed E-state index contributed by atoms with van der Waals surface area (Å²) in [6, 6.07) is 0. The van der Waals surface area contributed by atoms with Crippen molar-refractivity contribution in [3.63, 3.8) is 0 Å². The molecule has 0 aromatic heterocycles. The number of rotatable bonds is 6. The second kappa shape index (κ2) is 9.66. The molecule has 6 heteroatoms. The molecule has 5 rings (SSSR count). The second-order valence-electron chi connectivity index (χ2n) is 14.0. The lowest BCUT2D eigenvalue weighted by atomic mass is 9.46. The number of ether oxygens (including phenoxy) is 2. The van der Waals surface area contributed by atoms with E-state index in [1.807, 2.05) is 0 Å². The molecule has 1 heterocycles. The van der Waals surface area contributed by atoms with Crippen molar-refractivity contribution >= 4 is 11.9 Å². The van der Waals surface area contributed by atoms with Crippen LogP contribution in [0.3, 0.4) is 0 Å². The molecule has 0 bridgehead atoms. The summed E-state index contributed by atoms with van der Waals surface area (Å²) in [4.78, 5) is 22.8. The van der Waals surface area contributed by atoms with E-state index in [-0.39, 0.29) is 11.3 Å². The molecule has 0 radical (unpaired) electrons. The van der Waals surface area contributed by atoms with Crippen LogP contribution in [-0.2, 0) is 19.1 Å². The minimum Gasteiger partial charge on any atom is -0.433 e. The smallest absolute Gasteiger partial charge is 0.305 e. The van der Waals surface area contributed by atoms with E-state index in [0.717, 1.165) is 32.2 Å². The number of allylic oxidation sites excluding steroid dienone is 1. The van der Waals surface area contributed by atoms with Crippen molar-refractivity contribution in [3.8, 4) is 0 Å². The number of hydrogen-bond donors (Lipinski definition) is 2. The quantitative estimate of drug-likeness (QED) is 0.282. The molecule has 6 nitrogen and oxygen atoms in total. The molecule has 11 atom stereocenters. The molecule has 4 fully saturated rings. The first kappa shape index (κ1) is 27.2. The third-order valence-electron chi connectivity index (χ3n) is 11.7. The van der Waals surface area contributed by atoms with Crippen molar-refractivity contribution in [2.24, 2.45) is 46.3 Å². The lowest BCUT2D eigenvalue weighted by Crippen LogP contribution is -2.53. The van der Waals surface area contributed by atoms with Gasteiger partial charge in [0.1, 0.15) is 0 Å². The van der Waals surface area contributed by atoms with Crippen molar-refractivity contribution in [2.75, 3.05) is 6.54 Å². The normalized spacial score (nSPS) is 47.1. The molecule has 4 aliphatic carbocycles. The molecule has 1 amide bonds. The van der Waals surface area contributed by atoms with Gasteiger partial charge in [0, 0.05) is 33.2 Å². The maximum absolute atomic E-state index is 11.6. The van der Waals surface area contributed by atoms with Crippen LogP contribution >= 0.6 is 0 Å². The molecule has 0 aromatic carbocycles. The zero-order valence-corrected chi connectivity index (χ0v) is 23.8. The molecule has 37 heavy (non-hydrogen) atoms. The number of fused-ring (bicyclic) bond motifs is 7. The number of aliphatic hydroxyl groups is 1. The number of carbonyl (C=O) groups excluding carboxylic acids is 2. The fraction of sp³-hybridized carbons (Fsp3) is 0.871. The molecule has 0 aromatic rings. The minimum absolute atomic E-state index is 0.0493. The van der Waals surface area contributed by atoms with Crippen LogP contribution in [0.2, 0.25) is 0 Å². The Morgan fingerprint density at radius 1 is 1.22 bits per heavy atom. The topological polar surface area (TPSA) is 84.9 Å². The number of esters is 1. The summed E-state index contributed by atoms with van der Waals surface area (Å²) in [7, 11) is 0. The summed E-state index contributed by atoms with van der Waals surface area (Å²) in [5, 5.41) is 13.9. The average Bonchev–Trinajstić information content (AvgIpc) is 3.29. The summed E-state index contributed by atoms with van der Waals surface area (Å²) >= 11 is 0. The molecule has 5 unspecified atom stereocenters. The number of amides is 1. The molecule has 1 saturated heterocycles. The lowest BCUT2D eigenvalue weighted by molar-refractivity contribution is -0.221. The Kier molecular flexibility index (Phi) is 7.09. The van der Waals surface area contributed by atoms with Gasteiger partial charge in [0.15, 0.2) is 0 Å². The number of carbonyl (C=O) groups is 2. The highest BCUT2D eigenvalue weighted by molar-refractivity contribution is 5.72. The van der Waals surface area contributed by atoms with Crippen LogP contribution in [0, 0.1) is 46.3 Å². The van der Waals surface area contributed by atoms with E-state index in [2.05, 4.69) is 39.1 Å². The first-order chi connectivity index (χ1) is 17.4. The van der Waals surface area contributed by atoms with Crippen molar-refractivity contribution < 1.29 is 24.2 Å². The van der Waals surface area contributed by atoms with Gasteiger partial charge in [0.2, 0.25) is 11.7 Å². The molecular weight excluding hydrogens is 466 g/mol. The van der Waals surface area contributed by atoms with E-state index in [1.165, 1.54) is 31.8 Å². The van der Waals surface area contributed by atoms with Crippen LogP contribution < -0.4 is 5.32 Å². The molecule has 0 spiro atoms. The third-order valence-corrected chi connectivity index (χ3v) is 11.7. The van der Waals surface area contributed by atoms with E-state index in [1.54, 1.807) is 6.92 Å². The Morgan fingerprint density at radius 3 is 2.68 bits per heavy atom. The van der Waals surface area contributed by atoms with Gasteiger partial charge in [-0.2, -0.15) is 0 Å². The third kappa shape index (κ3) is 4.68. The van der Waals surface area contributed by atoms with Gasteiger partial charge in [0.25, 0.3) is 0 Å². The Bertz CT molecular complexity index is 948. The molecule has 3 saturated carbocycles. The van der Waals surface area contributed by atoms with Gasteiger partial charge in [-0.3, -0.25) is 9.59 Å². The molecule has 1 aliphatic heterocycles. The Balaban J connectivity index is 1.27. The lowest BCUT2D eigenvalue weighted by Gasteiger charge is -2.59. The van der Waals surface area contributed by atoms with Crippen LogP contribution in [0.5, 0.6) is 0 Å². The van der Waals surface area contributed by atoms with Crippen molar-refractivity contribution in [1.29, 1.82) is 0 Å². The zero-order valence-electron chi connectivity index (χ0n) is 23.8. The van der Waals surface area contributed by atoms with Crippen LogP contribution in [0.25, 0.3) is 0 Å². The van der Waals surface area contributed by atoms with E-state index < -0.39 is 11.8 Å². The van der Waals surface area contributed by atoms with Gasteiger partial charge in [-0.05, 0) is 91.3 Å². The van der Waals surface area contributed by atoms with Crippen LogP contribution in [-0.4, -0.2) is 41.5 Å². The summed E-state index contributed by atoms with van der Waals surface area (Å²) < 4.78 is 12.2.